The number of benzene rings is 3. The van der Waals surface area contributed by atoms with Crippen LogP contribution >= 0.6 is 0 Å². The van der Waals surface area contributed by atoms with E-state index in [9.17, 15) is 13.2 Å². The summed E-state index contributed by atoms with van der Waals surface area (Å²) in [5, 5.41) is 3.06. The normalized spacial score (nSPS) is 12.5. The molecule has 1 atom stereocenters. The molecule has 5 nitrogen and oxygen atoms in total. The fourth-order valence-corrected chi connectivity index (χ4v) is 4.43. The molecule has 0 radical (unpaired) electrons. The van der Waals surface area contributed by atoms with Crippen LogP contribution in [0.1, 0.15) is 39.4 Å². The van der Waals surface area contributed by atoms with Crippen molar-refractivity contribution in [1.29, 1.82) is 0 Å². The van der Waals surface area contributed by atoms with Gasteiger partial charge in [0.25, 0.3) is 0 Å². The summed E-state index contributed by atoms with van der Waals surface area (Å²) in [6.45, 7) is 5.92. The van der Waals surface area contributed by atoms with Gasteiger partial charge in [-0.3, -0.25) is 4.79 Å². The second-order valence-corrected chi connectivity index (χ2v) is 10.3. The Kier molecular flexibility index (Phi) is 7.48. The average molecular weight is 451 g/mol. The van der Waals surface area contributed by atoms with Crippen molar-refractivity contribution in [2.75, 3.05) is 12.8 Å². The van der Waals surface area contributed by atoms with Gasteiger partial charge in [-0.25, -0.2) is 8.42 Å². The molecule has 0 saturated carbocycles. The lowest BCUT2D eigenvalue weighted by atomic mass is 9.94. The van der Waals surface area contributed by atoms with Crippen molar-refractivity contribution in [2.45, 2.75) is 33.4 Å². The van der Waals surface area contributed by atoms with Gasteiger partial charge in [-0.15, -0.1) is 0 Å². The third kappa shape index (κ3) is 6.28. The second kappa shape index (κ2) is 10.1. The molecule has 168 valence electrons. The van der Waals surface area contributed by atoms with Crippen molar-refractivity contribution >= 4 is 15.9 Å². The van der Waals surface area contributed by atoms with Crippen LogP contribution in [-0.2, 0) is 21.4 Å². The molecule has 0 saturated heterocycles. The zero-order valence-electron chi connectivity index (χ0n) is 19.0. The highest BCUT2D eigenvalue weighted by Crippen LogP contribution is 2.26. The van der Waals surface area contributed by atoms with Crippen molar-refractivity contribution in [1.82, 2.24) is 9.62 Å². The van der Waals surface area contributed by atoms with E-state index in [1.807, 2.05) is 87.5 Å². The van der Waals surface area contributed by atoms with Crippen molar-refractivity contribution in [3.05, 3.63) is 106 Å². The summed E-state index contributed by atoms with van der Waals surface area (Å²) < 4.78 is 26.0. The summed E-state index contributed by atoms with van der Waals surface area (Å²) >= 11 is 0. The first kappa shape index (κ1) is 23.7. The van der Waals surface area contributed by atoms with E-state index in [0.717, 1.165) is 39.6 Å². The van der Waals surface area contributed by atoms with Gasteiger partial charge in [0.05, 0.1) is 18.8 Å². The predicted molar refractivity (Wildman–Crippen MR) is 129 cm³/mol. The lowest BCUT2D eigenvalue weighted by Gasteiger charge is -2.25. The molecule has 3 rings (SSSR count). The number of hydrogen-bond donors (Lipinski definition) is 1. The van der Waals surface area contributed by atoms with Gasteiger partial charge in [0.2, 0.25) is 15.9 Å². The Morgan fingerprint density at radius 3 is 2.12 bits per heavy atom. The third-order valence-corrected chi connectivity index (χ3v) is 6.64. The predicted octanol–water partition coefficient (Wildman–Crippen LogP) is 4.28. The van der Waals surface area contributed by atoms with Crippen molar-refractivity contribution < 1.29 is 13.2 Å². The Labute approximate surface area is 191 Å². The smallest absolute Gasteiger partial charge is 0.236 e. The van der Waals surface area contributed by atoms with Crippen molar-refractivity contribution in [3.8, 4) is 0 Å². The first-order valence-electron chi connectivity index (χ1n) is 10.6. The van der Waals surface area contributed by atoms with Gasteiger partial charge in [0.15, 0.2) is 0 Å². The quantitative estimate of drug-likeness (QED) is 0.557. The number of nitrogens with zero attached hydrogens (tertiary/aromatic N) is 1. The lowest BCUT2D eigenvalue weighted by Crippen LogP contribution is -2.41. The van der Waals surface area contributed by atoms with E-state index < -0.39 is 10.0 Å². The highest BCUT2D eigenvalue weighted by molar-refractivity contribution is 7.88. The molecule has 0 aliphatic heterocycles. The molecule has 0 unspecified atom stereocenters. The molecule has 0 aliphatic rings. The van der Waals surface area contributed by atoms with Crippen LogP contribution in [0.4, 0.5) is 0 Å². The minimum atomic E-state index is -3.57. The Bertz CT molecular complexity index is 1170. The standard InChI is InChI=1S/C26H30N2O3S/c1-19-10-13-22(14-11-19)17-28(32(4,30)31)18-25(29)27-26(23-8-6-5-7-9-23)24-15-12-20(2)16-21(24)3/h5-16,26H,17-18H2,1-4H3,(H,27,29)/t26-/m1/s1. The number of sulfonamides is 1. The van der Waals surface area contributed by atoms with Crippen LogP contribution in [0.5, 0.6) is 0 Å². The van der Waals surface area contributed by atoms with E-state index in [1.54, 1.807) is 0 Å². The SMILES string of the molecule is Cc1ccc(CN(CC(=O)N[C@H](c2ccccc2)c2ccc(C)cc2C)S(C)(=O)=O)cc1. The third-order valence-electron chi connectivity index (χ3n) is 5.44. The Balaban J connectivity index is 1.85. The number of carbonyl (C=O) groups is 1. The van der Waals surface area contributed by atoms with Crippen LogP contribution in [0.15, 0.2) is 72.8 Å². The van der Waals surface area contributed by atoms with Crippen LogP contribution in [0.3, 0.4) is 0 Å². The number of rotatable bonds is 8. The molecule has 0 spiro atoms. The van der Waals surface area contributed by atoms with Gasteiger partial charge in [-0.2, -0.15) is 4.31 Å². The van der Waals surface area contributed by atoms with E-state index in [0.29, 0.717) is 0 Å². The fourth-order valence-electron chi connectivity index (χ4n) is 3.69. The Morgan fingerprint density at radius 2 is 1.53 bits per heavy atom. The molecule has 0 heterocycles. The maximum atomic E-state index is 13.1. The number of amides is 1. The van der Waals surface area contributed by atoms with E-state index in [2.05, 4.69) is 11.4 Å². The van der Waals surface area contributed by atoms with Crippen LogP contribution in [0, 0.1) is 20.8 Å². The first-order chi connectivity index (χ1) is 15.1. The second-order valence-electron chi connectivity index (χ2n) is 8.29. The molecule has 3 aromatic carbocycles. The summed E-state index contributed by atoms with van der Waals surface area (Å²) in [5.41, 5.74) is 6.07. The van der Waals surface area contributed by atoms with E-state index in [4.69, 9.17) is 0 Å². The van der Waals surface area contributed by atoms with Crippen molar-refractivity contribution in [3.63, 3.8) is 0 Å². The van der Waals surface area contributed by atoms with Gasteiger partial charge in [-0.05, 0) is 43.0 Å². The average Bonchev–Trinajstić information content (AvgIpc) is 2.73. The largest absolute Gasteiger partial charge is 0.344 e. The van der Waals surface area contributed by atoms with Crippen LogP contribution in [0.2, 0.25) is 0 Å². The van der Waals surface area contributed by atoms with Crippen molar-refractivity contribution in [2.24, 2.45) is 0 Å². The maximum absolute atomic E-state index is 13.1. The summed E-state index contributed by atoms with van der Waals surface area (Å²) in [7, 11) is -3.57. The molecule has 32 heavy (non-hydrogen) atoms. The molecule has 1 N–H and O–H groups in total. The molecule has 3 aromatic rings. The topological polar surface area (TPSA) is 66.5 Å². The molecular formula is C26H30N2O3S. The van der Waals surface area contributed by atoms with Gasteiger partial charge in [-0.1, -0.05) is 83.9 Å². The van der Waals surface area contributed by atoms with Crippen LogP contribution in [0.25, 0.3) is 0 Å². The molecular weight excluding hydrogens is 420 g/mol. The lowest BCUT2D eigenvalue weighted by molar-refractivity contribution is -0.121. The van der Waals surface area contributed by atoms with Crippen LogP contribution in [-0.4, -0.2) is 31.4 Å². The molecule has 0 aromatic heterocycles. The molecule has 6 heteroatoms. The Morgan fingerprint density at radius 1 is 0.906 bits per heavy atom. The van der Waals surface area contributed by atoms with E-state index in [-0.39, 0.29) is 25.0 Å². The van der Waals surface area contributed by atoms with Gasteiger partial charge in [0.1, 0.15) is 0 Å². The number of nitrogens with one attached hydrogen (secondary N) is 1. The minimum absolute atomic E-state index is 0.145. The zero-order chi connectivity index (χ0) is 23.3. The first-order valence-corrected chi connectivity index (χ1v) is 12.4. The van der Waals surface area contributed by atoms with E-state index >= 15 is 0 Å². The molecule has 0 aliphatic carbocycles. The summed E-state index contributed by atoms with van der Waals surface area (Å²) in [5.74, 6) is -0.351. The Hall–Kier alpha value is -2.96. The molecule has 0 fully saturated rings. The highest BCUT2D eigenvalue weighted by Gasteiger charge is 2.24. The van der Waals surface area contributed by atoms with E-state index in [1.165, 1.54) is 4.31 Å². The van der Waals surface area contributed by atoms with Gasteiger partial charge < -0.3 is 5.32 Å². The van der Waals surface area contributed by atoms with Gasteiger partial charge in [0, 0.05) is 6.54 Å². The van der Waals surface area contributed by atoms with Crippen LogP contribution < -0.4 is 5.32 Å². The number of hydrogen-bond acceptors (Lipinski definition) is 3. The zero-order valence-corrected chi connectivity index (χ0v) is 19.8. The number of aryl methyl sites for hydroxylation is 3. The summed E-state index contributed by atoms with van der Waals surface area (Å²) in [6, 6.07) is 23.1. The minimum Gasteiger partial charge on any atom is -0.344 e. The monoisotopic (exact) mass is 450 g/mol. The van der Waals surface area contributed by atoms with Gasteiger partial charge >= 0.3 is 0 Å². The summed E-state index contributed by atoms with van der Waals surface area (Å²) in [6.07, 6.45) is 1.13. The highest BCUT2D eigenvalue weighted by atomic mass is 32.2. The molecule has 1 amide bonds. The fraction of sp³-hybridized carbons (Fsp3) is 0.269. The number of carbonyl (C=O) groups excluding carboxylic acids is 1. The molecule has 0 bridgehead atoms. The maximum Gasteiger partial charge on any atom is 0.236 e. The summed E-state index contributed by atoms with van der Waals surface area (Å²) in [4.78, 5) is 13.1.